The summed E-state index contributed by atoms with van der Waals surface area (Å²) in [5.74, 6) is -0.745. The molecule has 0 saturated heterocycles. The Morgan fingerprint density at radius 3 is 2.66 bits per heavy atom. The Morgan fingerprint density at radius 1 is 1.20 bits per heavy atom. The minimum absolute atomic E-state index is 0.0499. The SMILES string of the molecule is C[C@@]1(C(=O)NCc2ccc(F)cc2)Cn2cnc(C(=O)NCCc3ccco3)c2C(=O)N1C1CC1. The molecule has 0 unspecified atom stereocenters. The Labute approximate surface area is 201 Å². The number of rotatable bonds is 8. The Kier molecular flexibility index (Phi) is 5.88. The van der Waals surface area contributed by atoms with Gasteiger partial charge in [-0.3, -0.25) is 14.4 Å². The molecule has 182 valence electrons. The topological polar surface area (TPSA) is 109 Å². The molecule has 1 atom stereocenters. The summed E-state index contributed by atoms with van der Waals surface area (Å²) in [5.41, 5.74) is -0.163. The first-order valence-corrected chi connectivity index (χ1v) is 11.6. The highest BCUT2D eigenvalue weighted by Crippen LogP contribution is 2.38. The lowest BCUT2D eigenvalue weighted by Crippen LogP contribution is -2.64. The van der Waals surface area contributed by atoms with E-state index >= 15 is 0 Å². The van der Waals surface area contributed by atoms with Crippen LogP contribution in [0.3, 0.4) is 0 Å². The molecule has 1 aliphatic carbocycles. The van der Waals surface area contributed by atoms with Crippen molar-refractivity contribution in [1.29, 1.82) is 0 Å². The van der Waals surface area contributed by atoms with Crippen LogP contribution in [0, 0.1) is 5.82 Å². The second kappa shape index (κ2) is 9.01. The van der Waals surface area contributed by atoms with Gasteiger partial charge in [-0.15, -0.1) is 0 Å². The number of benzene rings is 1. The highest BCUT2D eigenvalue weighted by atomic mass is 19.1. The Hall–Kier alpha value is -3.95. The molecule has 0 bridgehead atoms. The number of carbonyl (C=O) groups excluding carboxylic acids is 3. The van der Waals surface area contributed by atoms with E-state index in [-0.39, 0.29) is 48.2 Å². The minimum Gasteiger partial charge on any atom is -0.469 e. The zero-order valence-corrected chi connectivity index (χ0v) is 19.3. The molecule has 1 fully saturated rings. The van der Waals surface area contributed by atoms with E-state index in [0.29, 0.717) is 13.0 Å². The van der Waals surface area contributed by atoms with Gasteiger partial charge in [-0.1, -0.05) is 12.1 Å². The lowest BCUT2D eigenvalue weighted by atomic mass is 9.93. The van der Waals surface area contributed by atoms with Crippen molar-refractivity contribution in [2.45, 2.75) is 50.9 Å². The monoisotopic (exact) mass is 479 g/mol. The Bertz CT molecular complexity index is 1250. The Balaban J connectivity index is 1.33. The van der Waals surface area contributed by atoms with Gasteiger partial charge < -0.3 is 24.5 Å². The van der Waals surface area contributed by atoms with Gasteiger partial charge in [0.15, 0.2) is 5.69 Å². The van der Waals surface area contributed by atoms with Gasteiger partial charge >= 0.3 is 0 Å². The smallest absolute Gasteiger partial charge is 0.274 e. The molecule has 1 aliphatic heterocycles. The van der Waals surface area contributed by atoms with E-state index in [9.17, 15) is 18.8 Å². The first-order chi connectivity index (χ1) is 16.9. The lowest BCUT2D eigenvalue weighted by molar-refractivity contribution is -0.133. The highest BCUT2D eigenvalue weighted by molar-refractivity contribution is 6.07. The van der Waals surface area contributed by atoms with Crippen LogP contribution in [-0.4, -0.2) is 50.3 Å². The number of nitrogens with one attached hydrogen (secondary N) is 2. The fourth-order valence-corrected chi connectivity index (χ4v) is 4.53. The molecule has 2 aliphatic rings. The van der Waals surface area contributed by atoms with Gasteiger partial charge in [0.25, 0.3) is 11.8 Å². The van der Waals surface area contributed by atoms with Crippen LogP contribution < -0.4 is 10.6 Å². The molecule has 1 aromatic carbocycles. The van der Waals surface area contributed by atoms with Gasteiger partial charge in [0, 0.05) is 25.6 Å². The van der Waals surface area contributed by atoms with Gasteiger partial charge in [-0.2, -0.15) is 0 Å². The van der Waals surface area contributed by atoms with Crippen molar-refractivity contribution in [3.8, 4) is 0 Å². The number of aromatic nitrogens is 2. The molecule has 3 heterocycles. The first-order valence-electron chi connectivity index (χ1n) is 11.6. The van der Waals surface area contributed by atoms with E-state index in [1.165, 1.54) is 18.5 Å². The summed E-state index contributed by atoms with van der Waals surface area (Å²) < 4.78 is 20.0. The quantitative estimate of drug-likeness (QED) is 0.515. The molecule has 2 N–H and O–H groups in total. The number of carbonyl (C=O) groups is 3. The summed E-state index contributed by atoms with van der Waals surface area (Å²) in [4.78, 5) is 45.6. The maximum absolute atomic E-state index is 13.6. The van der Waals surface area contributed by atoms with Crippen LogP contribution in [0.5, 0.6) is 0 Å². The summed E-state index contributed by atoms with van der Waals surface area (Å²) in [5, 5.41) is 5.67. The summed E-state index contributed by atoms with van der Waals surface area (Å²) in [6, 6.07) is 9.42. The second-order valence-corrected chi connectivity index (χ2v) is 9.14. The molecule has 3 amide bonds. The molecule has 2 aromatic heterocycles. The van der Waals surface area contributed by atoms with Crippen LogP contribution >= 0.6 is 0 Å². The number of imidazole rings is 1. The molecular formula is C25H26FN5O4. The van der Waals surface area contributed by atoms with Crippen molar-refractivity contribution in [2.75, 3.05) is 6.54 Å². The second-order valence-electron chi connectivity index (χ2n) is 9.14. The van der Waals surface area contributed by atoms with Crippen molar-refractivity contribution in [1.82, 2.24) is 25.1 Å². The molecule has 0 spiro atoms. The lowest BCUT2D eigenvalue weighted by Gasteiger charge is -2.44. The van der Waals surface area contributed by atoms with E-state index < -0.39 is 11.4 Å². The van der Waals surface area contributed by atoms with Gasteiger partial charge in [-0.25, -0.2) is 9.37 Å². The van der Waals surface area contributed by atoms with E-state index in [1.54, 1.807) is 40.9 Å². The third kappa shape index (κ3) is 4.43. The van der Waals surface area contributed by atoms with Crippen molar-refractivity contribution in [2.24, 2.45) is 0 Å². The van der Waals surface area contributed by atoms with Crippen LogP contribution in [0.25, 0.3) is 0 Å². The summed E-state index contributed by atoms with van der Waals surface area (Å²) >= 11 is 0. The summed E-state index contributed by atoms with van der Waals surface area (Å²) in [6.07, 6.45) is 5.12. The third-order valence-electron chi connectivity index (χ3n) is 6.49. The van der Waals surface area contributed by atoms with Gasteiger partial charge in [0.1, 0.15) is 22.8 Å². The van der Waals surface area contributed by atoms with E-state index in [2.05, 4.69) is 15.6 Å². The number of hydrogen-bond donors (Lipinski definition) is 2. The molecule has 0 radical (unpaired) electrons. The standard InChI is InChI=1S/C25H26FN5O4/c1-25(24(34)28-13-16-4-6-17(26)7-5-16)14-30-15-29-20(21(30)23(33)31(25)18-8-9-18)22(32)27-11-10-19-3-2-12-35-19/h2-7,12,15,18H,8-11,13-14H2,1H3,(H,27,32)(H,28,34)/t25-/m0/s1. The fourth-order valence-electron chi connectivity index (χ4n) is 4.53. The number of hydrogen-bond acceptors (Lipinski definition) is 5. The van der Waals surface area contributed by atoms with E-state index in [1.807, 2.05) is 6.07 Å². The number of fused-ring (bicyclic) bond motifs is 1. The van der Waals surface area contributed by atoms with E-state index in [4.69, 9.17) is 4.42 Å². The zero-order chi connectivity index (χ0) is 24.6. The average molecular weight is 480 g/mol. The van der Waals surface area contributed by atoms with Crippen LogP contribution in [0.15, 0.2) is 53.4 Å². The van der Waals surface area contributed by atoms with Crippen LogP contribution in [0.2, 0.25) is 0 Å². The van der Waals surface area contributed by atoms with Gasteiger partial charge in [0.05, 0.1) is 19.1 Å². The average Bonchev–Trinajstić information content (AvgIpc) is 3.35. The number of amides is 3. The molecule has 1 saturated carbocycles. The predicted molar refractivity (Wildman–Crippen MR) is 123 cm³/mol. The predicted octanol–water partition coefficient (Wildman–Crippen LogP) is 2.28. The van der Waals surface area contributed by atoms with Crippen LogP contribution in [-0.2, 0) is 24.3 Å². The van der Waals surface area contributed by atoms with Crippen molar-refractivity contribution in [3.63, 3.8) is 0 Å². The van der Waals surface area contributed by atoms with Gasteiger partial charge in [0.2, 0.25) is 5.91 Å². The molecule has 35 heavy (non-hydrogen) atoms. The van der Waals surface area contributed by atoms with Crippen molar-refractivity contribution >= 4 is 17.7 Å². The number of halogens is 1. The zero-order valence-electron chi connectivity index (χ0n) is 19.3. The van der Waals surface area contributed by atoms with Gasteiger partial charge in [-0.05, 0) is 49.6 Å². The maximum Gasteiger partial charge on any atom is 0.274 e. The Morgan fingerprint density at radius 2 is 1.97 bits per heavy atom. The normalized spacial score (nSPS) is 19.4. The molecule has 3 aromatic rings. The fraction of sp³-hybridized carbons (Fsp3) is 0.360. The number of nitrogens with zero attached hydrogens (tertiary/aromatic N) is 3. The highest BCUT2D eigenvalue weighted by Gasteiger charge is 2.53. The summed E-state index contributed by atoms with van der Waals surface area (Å²) in [7, 11) is 0. The number of furan rings is 1. The summed E-state index contributed by atoms with van der Waals surface area (Å²) in [6.45, 7) is 2.45. The molecular weight excluding hydrogens is 453 g/mol. The largest absolute Gasteiger partial charge is 0.469 e. The van der Waals surface area contributed by atoms with E-state index in [0.717, 1.165) is 24.2 Å². The molecule has 5 rings (SSSR count). The van der Waals surface area contributed by atoms with Crippen LogP contribution in [0.4, 0.5) is 4.39 Å². The van der Waals surface area contributed by atoms with Crippen molar-refractivity contribution in [3.05, 3.63) is 77.5 Å². The third-order valence-corrected chi connectivity index (χ3v) is 6.49. The maximum atomic E-state index is 13.6. The molecule has 9 nitrogen and oxygen atoms in total. The van der Waals surface area contributed by atoms with Crippen molar-refractivity contribution < 1.29 is 23.2 Å². The minimum atomic E-state index is -1.15. The van der Waals surface area contributed by atoms with Crippen LogP contribution in [0.1, 0.15) is 52.1 Å². The molecule has 10 heteroatoms. The first kappa shape index (κ1) is 22.8.